The maximum Gasteiger partial charge on any atom is 0.252 e. The molecule has 1 aromatic carbocycles. The Morgan fingerprint density at radius 2 is 2.17 bits per heavy atom. The van der Waals surface area contributed by atoms with E-state index in [4.69, 9.17) is 10.5 Å². The molecule has 0 atom stereocenters. The standard InChI is InChI=1S/C9H11NO2/c1-6-3-4-7(9(10)11)8(5-6)12-2/h3-5H,1-2H3,(H2,10,11). The minimum Gasteiger partial charge on any atom is -0.496 e. The molecule has 0 fully saturated rings. The monoisotopic (exact) mass is 165 g/mol. The molecule has 0 saturated heterocycles. The summed E-state index contributed by atoms with van der Waals surface area (Å²) in [4.78, 5) is 10.8. The average Bonchev–Trinajstić information content (AvgIpc) is 2.03. The van der Waals surface area contributed by atoms with Gasteiger partial charge in [-0.1, -0.05) is 6.07 Å². The van der Waals surface area contributed by atoms with Crippen LogP contribution in [0.4, 0.5) is 0 Å². The van der Waals surface area contributed by atoms with Crippen LogP contribution in [-0.4, -0.2) is 13.0 Å². The van der Waals surface area contributed by atoms with Crippen LogP contribution >= 0.6 is 0 Å². The summed E-state index contributed by atoms with van der Waals surface area (Å²) in [6.45, 7) is 1.92. The highest BCUT2D eigenvalue weighted by molar-refractivity contribution is 5.95. The first-order valence-corrected chi connectivity index (χ1v) is 3.59. The van der Waals surface area contributed by atoms with E-state index in [0.717, 1.165) is 5.56 Å². The zero-order valence-corrected chi connectivity index (χ0v) is 7.13. The second-order valence-corrected chi connectivity index (χ2v) is 2.57. The average molecular weight is 165 g/mol. The molecule has 3 heteroatoms. The van der Waals surface area contributed by atoms with Gasteiger partial charge in [-0.3, -0.25) is 4.79 Å². The summed E-state index contributed by atoms with van der Waals surface area (Å²) in [7, 11) is 1.52. The summed E-state index contributed by atoms with van der Waals surface area (Å²) in [6, 6.07) is 5.26. The Kier molecular flexibility index (Phi) is 2.33. The van der Waals surface area contributed by atoms with E-state index in [1.54, 1.807) is 12.1 Å². The summed E-state index contributed by atoms with van der Waals surface area (Å²) in [5.74, 6) is 0.0642. The van der Waals surface area contributed by atoms with Crippen LogP contribution < -0.4 is 10.5 Å². The first kappa shape index (κ1) is 8.59. The van der Waals surface area contributed by atoms with Gasteiger partial charge < -0.3 is 10.5 Å². The largest absolute Gasteiger partial charge is 0.496 e. The van der Waals surface area contributed by atoms with Crippen LogP contribution in [-0.2, 0) is 0 Å². The van der Waals surface area contributed by atoms with Crippen LogP contribution in [0.25, 0.3) is 0 Å². The Morgan fingerprint density at radius 1 is 1.50 bits per heavy atom. The van der Waals surface area contributed by atoms with E-state index in [2.05, 4.69) is 0 Å². The Balaban J connectivity index is 3.20. The van der Waals surface area contributed by atoms with Crippen molar-refractivity contribution in [2.24, 2.45) is 5.73 Å². The van der Waals surface area contributed by atoms with E-state index >= 15 is 0 Å². The van der Waals surface area contributed by atoms with Gasteiger partial charge in [-0.15, -0.1) is 0 Å². The lowest BCUT2D eigenvalue weighted by Crippen LogP contribution is -2.12. The molecule has 12 heavy (non-hydrogen) atoms. The van der Waals surface area contributed by atoms with E-state index in [-0.39, 0.29) is 0 Å². The quantitative estimate of drug-likeness (QED) is 0.713. The minimum atomic E-state index is -0.466. The molecule has 1 rings (SSSR count). The number of ether oxygens (including phenoxy) is 1. The number of aryl methyl sites for hydroxylation is 1. The smallest absolute Gasteiger partial charge is 0.252 e. The number of benzene rings is 1. The van der Waals surface area contributed by atoms with Crippen LogP contribution in [0, 0.1) is 6.92 Å². The molecule has 0 unspecified atom stereocenters. The third-order valence-electron chi connectivity index (χ3n) is 1.62. The molecule has 3 nitrogen and oxygen atoms in total. The third kappa shape index (κ3) is 1.56. The summed E-state index contributed by atoms with van der Waals surface area (Å²) in [6.07, 6.45) is 0. The van der Waals surface area contributed by atoms with Crippen LogP contribution in [0.1, 0.15) is 15.9 Å². The molecule has 2 N–H and O–H groups in total. The second kappa shape index (κ2) is 3.26. The summed E-state index contributed by atoms with van der Waals surface area (Å²) >= 11 is 0. The molecule has 0 heterocycles. The maximum atomic E-state index is 10.8. The lowest BCUT2D eigenvalue weighted by Gasteiger charge is -2.05. The molecule has 0 spiro atoms. The Bertz CT molecular complexity index is 307. The van der Waals surface area contributed by atoms with Crippen molar-refractivity contribution in [1.82, 2.24) is 0 Å². The molecular weight excluding hydrogens is 154 g/mol. The first-order chi connectivity index (χ1) is 5.65. The number of carbonyl (C=O) groups is 1. The SMILES string of the molecule is COc1cc(C)ccc1C(N)=O. The zero-order valence-electron chi connectivity index (χ0n) is 7.13. The Labute approximate surface area is 71.1 Å². The van der Waals surface area contributed by atoms with E-state index in [1.165, 1.54) is 7.11 Å². The Morgan fingerprint density at radius 3 is 2.67 bits per heavy atom. The maximum absolute atomic E-state index is 10.8. The van der Waals surface area contributed by atoms with Gasteiger partial charge in [-0.05, 0) is 24.6 Å². The molecule has 0 radical (unpaired) electrons. The lowest BCUT2D eigenvalue weighted by atomic mass is 10.1. The van der Waals surface area contributed by atoms with Gasteiger partial charge in [0.2, 0.25) is 0 Å². The van der Waals surface area contributed by atoms with Gasteiger partial charge >= 0.3 is 0 Å². The molecule has 0 aromatic heterocycles. The van der Waals surface area contributed by atoms with Gasteiger partial charge in [0.05, 0.1) is 12.7 Å². The van der Waals surface area contributed by atoms with Crippen molar-refractivity contribution in [2.75, 3.05) is 7.11 Å². The fourth-order valence-electron chi connectivity index (χ4n) is 1.00. The second-order valence-electron chi connectivity index (χ2n) is 2.57. The zero-order chi connectivity index (χ0) is 9.14. The Hall–Kier alpha value is -1.51. The number of rotatable bonds is 2. The van der Waals surface area contributed by atoms with E-state index in [1.807, 2.05) is 13.0 Å². The summed E-state index contributed by atoms with van der Waals surface area (Å²) in [5.41, 5.74) is 6.58. The summed E-state index contributed by atoms with van der Waals surface area (Å²) in [5, 5.41) is 0. The summed E-state index contributed by atoms with van der Waals surface area (Å²) < 4.78 is 4.99. The topological polar surface area (TPSA) is 52.3 Å². The van der Waals surface area contributed by atoms with E-state index in [9.17, 15) is 4.79 Å². The lowest BCUT2D eigenvalue weighted by molar-refractivity contribution is 0.0997. The predicted molar refractivity (Wildman–Crippen MR) is 46.2 cm³/mol. The van der Waals surface area contributed by atoms with Crippen molar-refractivity contribution in [2.45, 2.75) is 6.92 Å². The number of amides is 1. The van der Waals surface area contributed by atoms with Gasteiger partial charge in [0, 0.05) is 0 Å². The van der Waals surface area contributed by atoms with Crippen LogP contribution in [0.3, 0.4) is 0 Å². The molecular formula is C9H11NO2. The van der Waals surface area contributed by atoms with Crippen molar-refractivity contribution in [3.63, 3.8) is 0 Å². The van der Waals surface area contributed by atoms with Crippen molar-refractivity contribution in [3.05, 3.63) is 29.3 Å². The molecule has 0 bridgehead atoms. The van der Waals surface area contributed by atoms with Gasteiger partial charge in [-0.2, -0.15) is 0 Å². The van der Waals surface area contributed by atoms with Gasteiger partial charge in [0.25, 0.3) is 5.91 Å². The highest BCUT2D eigenvalue weighted by atomic mass is 16.5. The van der Waals surface area contributed by atoms with Crippen molar-refractivity contribution < 1.29 is 9.53 Å². The van der Waals surface area contributed by atoms with Crippen LogP contribution in [0.15, 0.2) is 18.2 Å². The first-order valence-electron chi connectivity index (χ1n) is 3.59. The third-order valence-corrected chi connectivity index (χ3v) is 1.62. The number of hydrogen-bond donors (Lipinski definition) is 1. The number of primary amides is 1. The highest BCUT2D eigenvalue weighted by Crippen LogP contribution is 2.18. The van der Waals surface area contributed by atoms with Crippen molar-refractivity contribution in [1.29, 1.82) is 0 Å². The molecule has 0 aliphatic rings. The van der Waals surface area contributed by atoms with Gasteiger partial charge in [0.1, 0.15) is 5.75 Å². The normalized spacial score (nSPS) is 9.50. The van der Waals surface area contributed by atoms with Gasteiger partial charge in [0.15, 0.2) is 0 Å². The fourth-order valence-corrected chi connectivity index (χ4v) is 1.00. The molecule has 0 aliphatic carbocycles. The van der Waals surface area contributed by atoms with Crippen LogP contribution in [0.5, 0.6) is 5.75 Å². The number of carbonyl (C=O) groups excluding carboxylic acids is 1. The van der Waals surface area contributed by atoms with Crippen molar-refractivity contribution in [3.8, 4) is 5.75 Å². The number of methoxy groups -OCH3 is 1. The van der Waals surface area contributed by atoms with Crippen molar-refractivity contribution >= 4 is 5.91 Å². The van der Waals surface area contributed by atoms with E-state index in [0.29, 0.717) is 11.3 Å². The molecule has 0 saturated carbocycles. The molecule has 1 amide bonds. The molecule has 0 aliphatic heterocycles. The molecule has 1 aromatic rings. The minimum absolute atomic E-state index is 0.420. The highest BCUT2D eigenvalue weighted by Gasteiger charge is 2.07. The number of nitrogens with two attached hydrogens (primary N) is 1. The fraction of sp³-hybridized carbons (Fsp3) is 0.222. The van der Waals surface area contributed by atoms with E-state index < -0.39 is 5.91 Å². The predicted octanol–water partition coefficient (Wildman–Crippen LogP) is 1.10. The van der Waals surface area contributed by atoms with Crippen LogP contribution in [0.2, 0.25) is 0 Å². The number of hydrogen-bond acceptors (Lipinski definition) is 2. The van der Waals surface area contributed by atoms with Gasteiger partial charge in [-0.25, -0.2) is 0 Å². The molecule has 64 valence electrons.